The molecule has 0 saturated carbocycles. The molecule has 0 unspecified atom stereocenters. The van der Waals surface area contributed by atoms with Gasteiger partial charge in [0.2, 0.25) is 5.95 Å². The molecule has 2 rings (SSSR count). The van der Waals surface area contributed by atoms with Crippen LogP contribution in [0.15, 0.2) is 30.3 Å². The molecule has 0 radical (unpaired) electrons. The van der Waals surface area contributed by atoms with Gasteiger partial charge in [-0.2, -0.15) is 0 Å². The molecule has 0 amide bonds. The standard InChI is InChI=1S/C14H16N4OS/c1-9-7-12(13(15)20)18-14(17-9)16-8-10-3-5-11(19-2)6-4-10/h3-7H,8H2,1-2H3,(H2,15,20)(H,16,17,18). The summed E-state index contributed by atoms with van der Waals surface area (Å²) in [6.07, 6.45) is 0. The number of aromatic nitrogens is 2. The van der Waals surface area contributed by atoms with Crippen molar-refractivity contribution in [3.05, 3.63) is 47.3 Å². The first-order valence-corrected chi connectivity index (χ1v) is 6.51. The van der Waals surface area contributed by atoms with Crippen molar-refractivity contribution in [1.82, 2.24) is 9.97 Å². The minimum atomic E-state index is 0.267. The third-order valence-electron chi connectivity index (χ3n) is 2.72. The molecular formula is C14H16N4OS. The predicted molar refractivity (Wildman–Crippen MR) is 83.0 cm³/mol. The molecule has 0 atom stereocenters. The van der Waals surface area contributed by atoms with Crippen LogP contribution in [0, 0.1) is 6.92 Å². The number of ether oxygens (including phenoxy) is 1. The van der Waals surface area contributed by atoms with Gasteiger partial charge in [-0.15, -0.1) is 0 Å². The van der Waals surface area contributed by atoms with Crippen LogP contribution in [0.3, 0.4) is 0 Å². The molecule has 0 aliphatic heterocycles. The Morgan fingerprint density at radius 2 is 2.00 bits per heavy atom. The molecule has 5 nitrogen and oxygen atoms in total. The zero-order valence-electron chi connectivity index (χ0n) is 11.4. The molecule has 0 aliphatic rings. The molecular weight excluding hydrogens is 272 g/mol. The fraction of sp³-hybridized carbons (Fsp3) is 0.214. The third kappa shape index (κ3) is 3.64. The zero-order valence-corrected chi connectivity index (χ0v) is 12.2. The minimum Gasteiger partial charge on any atom is -0.497 e. The molecule has 0 bridgehead atoms. The summed E-state index contributed by atoms with van der Waals surface area (Å²) in [4.78, 5) is 8.84. The van der Waals surface area contributed by atoms with Crippen LogP contribution < -0.4 is 15.8 Å². The average Bonchev–Trinajstić information content (AvgIpc) is 2.45. The van der Waals surface area contributed by atoms with E-state index in [1.807, 2.05) is 31.2 Å². The number of nitrogens with one attached hydrogen (secondary N) is 1. The fourth-order valence-electron chi connectivity index (χ4n) is 1.70. The Morgan fingerprint density at radius 1 is 1.30 bits per heavy atom. The Bertz CT molecular complexity index is 613. The minimum absolute atomic E-state index is 0.267. The van der Waals surface area contributed by atoms with Crippen molar-refractivity contribution < 1.29 is 4.74 Å². The number of thiocarbonyl (C=S) groups is 1. The summed E-state index contributed by atoms with van der Waals surface area (Å²) in [6.45, 7) is 2.49. The molecule has 0 saturated heterocycles. The molecule has 1 heterocycles. The number of anilines is 1. The first kappa shape index (κ1) is 14.2. The van der Waals surface area contributed by atoms with E-state index in [1.165, 1.54) is 0 Å². The highest BCUT2D eigenvalue weighted by Crippen LogP contribution is 2.12. The predicted octanol–water partition coefficient (Wildman–Crippen LogP) is 2.04. The largest absolute Gasteiger partial charge is 0.497 e. The number of nitrogens with zero attached hydrogens (tertiary/aromatic N) is 2. The molecule has 1 aromatic heterocycles. The van der Waals surface area contributed by atoms with Gasteiger partial charge in [-0.05, 0) is 30.7 Å². The Balaban J connectivity index is 2.08. The maximum Gasteiger partial charge on any atom is 0.223 e. The van der Waals surface area contributed by atoms with Crippen LogP contribution in [-0.4, -0.2) is 22.1 Å². The lowest BCUT2D eigenvalue weighted by atomic mass is 10.2. The molecule has 104 valence electrons. The van der Waals surface area contributed by atoms with Gasteiger partial charge < -0.3 is 15.8 Å². The lowest BCUT2D eigenvalue weighted by Gasteiger charge is -2.08. The summed E-state index contributed by atoms with van der Waals surface area (Å²) < 4.78 is 5.12. The van der Waals surface area contributed by atoms with Crippen LogP contribution in [0.2, 0.25) is 0 Å². The van der Waals surface area contributed by atoms with E-state index in [2.05, 4.69) is 15.3 Å². The summed E-state index contributed by atoms with van der Waals surface area (Å²) in [5.41, 5.74) is 8.09. The monoisotopic (exact) mass is 288 g/mol. The number of hydrogen-bond donors (Lipinski definition) is 2. The van der Waals surface area contributed by atoms with Gasteiger partial charge in [-0.1, -0.05) is 24.4 Å². The van der Waals surface area contributed by atoms with Crippen LogP contribution in [0.1, 0.15) is 17.0 Å². The van der Waals surface area contributed by atoms with Crippen molar-refractivity contribution in [2.24, 2.45) is 5.73 Å². The maximum atomic E-state index is 5.59. The molecule has 3 N–H and O–H groups in total. The highest BCUT2D eigenvalue weighted by molar-refractivity contribution is 7.80. The van der Waals surface area contributed by atoms with E-state index in [9.17, 15) is 0 Å². The number of hydrogen-bond acceptors (Lipinski definition) is 5. The van der Waals surface area contributed by atoms with Gasteiger partial charge >= 0.3 is 0 Å². The zero-order chi connectivity index (χ0) is 14.5. The van der Waals surface area contributed by atoms with E-state index in [1.54, 1.807) is 13.2 Å². The molecule has 20 heavy (non-hydrogen) atoms. The Hall–Kier alpha value is -2.21. The second kappa shape index (κ2) is 6.29. The van der Waals surface area contributed by atoms with Crippen molar-refractivity contribution in [2.75, 3.05) is 12.4 Å². The normalized spacial score (nSPS) is 10.1. The van der Waals surface area contributed by atoms with Crippen molar-refractivity contribution in [3.63, 3.8) is 0 Å². The van der Waals surface area contributed by atoms with Gasteiger partial charge in [-0.3, -0.25) is 0 Å². The van der Waals surface area contributed by atoms with Crippen LogP contribution in [0.4, 0.5) is 5.95 Å². The SMILES string of the molecule is COc1ccc(CNc2nc(C)cc(C(N)=S)n2)cc1. The van der Waals surface area contributed by atoms with E-state index in [-0.39, 0.29) is 4.99 Å². The van der Waals surface area contributed by atoms with E-state index < -0.39 is 0 Å². The van der Waals surface area contributed by atoms with Crippen molar-refractivity contribution in [2.45, 2.75) is 13.5 Å². The summed E-state index contributed by atoms with van der Waals surface area (Å²) in [6, 6.07) is 9.55. The molecule has 6 heteroatoms. The summed E-state index contributed by atoms with van der Waals surface area (Å²) in [5.74, 6) is 1.35. The van der Waals surface area contributed by atoms with E-state index >= 15 is 0 Å². The van der Waals surface area contributed by atoms with Gasteiger partial charge in [0.1, 0.15) is 16.4 Å². The third-order valence-corrected chi connectivity index (χ3v) is 2.93. The molecule has 0 spiro atoms. The van der Waals surface area contributed by atoms with Crippen LogP contribution in [0.5, 0.6) is 5.75 Å². The highest BCUT2D eigenvalue weighted by Gasteiger charge is 2.04. The van der Waals surface area contributed by atoms with Gasteiger partial charge in [-0.25, -0.2) is 9.97 Å². The van der Waals surface area contributed by atoms with Gasteiger partial charge in [0.25, 0.3) is 0 Å². The Labute approximate surface area is 123 Å². The topological polar surface area (TPSA) is 73.1 Å². The average molecular weight is 288 g/mol. The lowest BCUT2D eigenvalue weighted by molar-refractivity contribution is 0.414. The van der Waals surface area contributed by atoms with Crippen LogP contribution in [0.25, 0.3) is 0 Å². The van der Waals surface area contributed by atoms with Gasteiger partial charge in [0.05, 0.1) is 7.11 Å². The van der Waals surface area contributed by atoms with Crippen molar-refractivity contribution in [1.29, 1.82) is 0 Å². The fourth-order valence-corrected chi connectivity index (χ4v) is 1.80. The smallest absolute Gasteiger partial charge is 0.223 e. The number of nitrogens with two attached hydrogens (primary N) is 1. The Kier molecular flexibility index (Phi) is 4.47. The summed E-state index contributed by atoms with van der Waals surface area (Å²) >= 11 is 4.93. The second-order valence-electron chi connectivity index (χ2n) is 4.28. The van der Waals surface area contributed by atoms with E-state index in [0.29, 0.717) is 18.2 Å². The van der Waals surface area contributed by atoms with Crippen molar-refractivity contribution in [3.8, 4) is 5.75 Å². The molecule has 1 aromatic carbocycles. The number of aryl methyl sites for hydroxylation is 1. The van der Waals surface area contributed by atoms with E-state index in [4.69, 9.17) is 22.7 Å². The quantitative estimate of drug-likeness (QED) is 0.820. The van der Waals surface area contributed by atoms with Gasteiger partial charge in [0.15, 0.2) is 0 Å². The second-order valence-corrected chi connectivity index (χ2v) is 4.72. The number of benzene rings is 1. The molecule has 2 aromatic rings. The maximum absolute atomic E-state index is 5.59. The number of rotatable bonds is 5. The molecule has 0 aliphatic carbocycles. The summed E-state index contributed by atoms with van der Waals surface area (Å²) in [5, 5.41) is 3.16. The first-order valence-electron chi connectivity index (χ1n) is 6.11. The number of methoxy groups -OCH3 is 1. The van der Waals surface area contributed by atoms with E-state index in [0.717, 1.165) is 17.0 Å². The Morgan fingerprint density at radius 3 is 2.60 bits per heavy atom. The van der Waals surface area contributed by atoms with Gasteiger partial charge in [0, 0.05) is 12.2 Å². The van der Waals surface area contributed by atoms with Crippen molar-refractivity contribution >= 4 is 23.2 Å². The summed E-state index contributed by atoms with van der Waals surface area (Å²) in [7, 11) is 1.64. The highest BCUT2D eigenvalue weighted by atomic mass is 32.1. The first-order chi connectivity index (χ1) is 9.58. The van der Waals surface area contributed by atoms with Crippen LogP contribution in [-0.2, 0) is 6.54 Å². The lowest BCUT2D eigenvalue weighted by Crippen LogP contribution is -2.14. The molecule has 0 fully saturated rings. The van der Waals surface area contributed by atoms with Crippen LogP contribution >= 0.6 is 12.2 Å².